The van der Waals surface area contributed by atoms with Crippen molar-refractivity contribution < 1.29 is 5.11 Å². The zero-order valence-corrected chi connectivity index (χ0v) is 8.15. The monoisotopic (exact) mass is 187 g/mol. The van der Waals surface area contributed by atoms with Gasteiger partial charge in [-0.1, -0.05) is 12.8 Å². The van der Waals surface area contributed by atoms with Crippen molar-refractivity contribution in [3.8, 4) is 0 Å². The predicted octanol–water partition coefficient (Wildman–Crippen LogP) is 0.982. The van der Waals surface area contributed by atoms with Crippen molar-refractivity contribution in [3.63, 3.8) is 0 Å². The molecule has 2 aliphatic rings. The van der Waals surface area contributed by atoms with Crippen LogP contribution < -0.4 is 5.73 Å². The molecule has 1 heterocycles. The molecule has 0 amide bonds. The molecule has 1 saturated heterocycles. The van der Waals surface area contributed by atoms with Crippen LogP contribution in [0, 0.1) is 5.92 Å². The summed E-state index contributed by atoms with van der Waals surface area (Å²) in [6.45, 7) is 0. The average molecular weight is 187 g/mol. The van der Waals surface area contributed by atoms with Crippen molar-refractivity contribution in [3.05, 3.63) is 0 Å². The summed E-state index contributed by atoms with van der Waals surface area (Å²) in [5.41, 5.74) is 5.46. The van der Waals surface area contributed by atoms with Crippen LogP contribution in [-0.2, 0) is 0 Å². The Balaban J connectivity index is 1.87. The summed E-state index contributed by atoms with van der Waals surface area (Å²) in [4.78, 5) is 0. The first-order valence-electron chi connectivity index (χ1n) is 4.76. The van der Waals surface area contributed by atoms with E-state index in [1.165, 1.54) is 12.8 Å². The topological polar surface area (TPSA) is 46.2 Å². The zero-order valence-electron chi connectivity index (χ0n) is 7.33. The van der Waals surface area contributed by atoms with Gasteiger partial charge in [-0.15, -0.1) is 0 Å². The number of rotatable bonds is 3. The molecule has 0 aromatic rings. The molecule has 0 aromatic heterocycles. The van der Waals surface area contributed by atoms with Gasteiger partial charge < -0.3 is 10.8 Å². The molecule has 1 saturated carbocycles. The normalized spacial score (nSPS) is 38.5. The maximum Gasteiger partial charge on any atom is 0.0895 e. The number of nitrogens with two attached hydrogens (primary N) is 1. The summed E-state index contributed by atoms with van der Waals surface area (Å²) in [5.74, 6) is 2.75. The highest BCUT2D eigenvalue weighted by atomic mass is 32.2. The van der Waals surface area contributed by atoms with Gasteiger partial charge in [0.15, 0.2) is 0 Å². The standard InChI is InChI=1S/C9H17NOS/c10-8(5-7-1-2-7)9(11)3-4-12-6-9/h7-8,11H,1-6,10H2. The third-order valence-electron chi connectivity index (χ3n) is 3.01. The summed E-state index contributed by atoms with van der Waals surface area (Å²) in [6, 6.07) is 0.0278. The number of thioether (sulfide) groups is 1. The smallest absolute Gasteiger partial charge is 0.0895 e. The van der Waals surface area contributed by atoms with Crippen LogP contribution in [0.15, 0.2) is 0 Å². The van der Waals surface area contributed by atoms with Crippen LogP contribution in [0.2, 0.25) is 0 Å². The van der Waals surface area contributed by atoms with Crippen LogP contribution in [0.1, 0.15) is 25.7 Å². The van der Waals surface area contributed by atoms with E-state index in [1.807, 2.05) is 11.8 Å². The Hall–Kier alpha value is 0.270. The summed E-state index contributed by atoms with van der Waals surface area (Å²) >= 11 is 1.83. The van der Waals surface area contributed by atoms with E-state index in [1.54, 1.807) is 0 Å². The highest BCUT2D eigenvalue weighted by molar-refractivity contribution is 7.99. The van der Waals surface area contributed by atoms with Gasteiger partial charge >= 0.3 is 0 Å². The van der Waals surface area contributed by atoms with E-state index in [-0.39, 0.29) is 6.04 Å². The van der Waals surface area contributed by atoms with Crippen molar-refractivity contribution in [2.45, 2.75) is 37.3 Å². The SMILES string of the molecule is NC(CC1CC1)C1(O)CCSC1. The molecule has 0 bridgehead atoms. The maximum absolute atomic E-state index is 10.1. The van der Waals surface area contributed by atoms with E-state index < -0.39 is 5.60 Å². The van der Waals surface area contributed by atoms with Crippen LogP contribution >= 0.6 is 11.8 Å². The first-order valence-corrected chi connectivity index (χ1v) is 5.92. The van der Waals surface area contributed by atoms with E-state index in [0.29, 0.717) is 0 Å². The third kappa shape index (κ3) is 1.78. The average Bonchev–Trinajstić information content (AvgIpc) is 2.73. The Morgan fingerprint density at radius 1 is 1.58 bits per heavy atom. The van der Waals surface area contributed by atoms with Crippen molar-refractivity contribution in [1.82, 2.24) is 0 Å². The van der Waals surface area contributed by atoms with Gasteiger partial charge in [0.2, 0.25) is 0 Å². The predicted molar refractivity (Wildman–Crippen MR) is 52.2 cm³/mol. The molecule has 1 aliphatic heterocycles. The van der Waals surface area contributed by atoms with Crippen molar-refractivity contribution in [1.29, 1.82) is 0 Å². The van der Waals surface area contributed by atoms with Gasteiger partial charge in [-0.3, -0.25) is 0 Å². The van der Waals surface area contributed by atoms with Crippen molar-refractivity contribution >= 4 is 11.8 Å². The van der Waals surface area contributed by atoms with Crippen molar-refractivity contribution in [2.75, 3.05) is 11.5 Å². The minimum absolute atomic E-state index is 0.0278. The largest absolute Gasteiger partial charge is 0.387 e. The lowest BCUT2D eigenvalue weighted by molar-refractivity contribution is 0.0359. The molecule has 2 rings (SSSR count). The molecular weight excluding hydrogens is 170 g/mol. The van der Waals surface area contributed by atoms with E-state index in [0.717, 1.165) is 30.3 Å². The Kier molecular flexibility index (Phi) is 2.36. The van der Waals surface area contributed by atoms with E-state index >= 15 is 0 Å². The lowest BCUT2D eigenvalue weighted by atomic mass is 9.90. The Morgan fingerprint density at radius 3 is 2.83 bits per heavy atom. The van der Waals surface area contributed by atoms with Crippen LogP contribution in [-0.4, -0.2) is 28.3 Å². The van der Waals surface area contributed by atoms with Gasteiger partial charge in [0.05, 0.1) is 5.60 Å². The fourth-order valence-electron chi connectivity index (χ4n) is 1.79. The summed E-state index contributed by atoms with van der Waals surface area (Å²) < 4.78 is 0. The first-order chi connectivity index (χ1) is 5.71. The Bertz CT molecular complexity index is 164. The highest BCUT2D eigenvalue weighted by Crippen LogP contribution is 2.38. The van der Waals surface area contributed by atoms with Crippen LogP contribution in [0.3, 0.4) is 0 Å². The molecule has 0 spiro atoms. The summed E-state index contributed by atoms with van der Waals surface area (Å²) in [7, 11) is 0. The number of hydrogen-bond acceptors (Lipinski definition) is 3. The van der Waals surface area contributed by atoms with Crippen LogP contribution in [0.4, 0.5) is 0 Å². The summed E-state index contributed by atoms with van der Waals surface area (Å²) in [5, 5.41) is 10.1. The number of aliphatic hydroxyl groups is 1. The molecule has 2 fully saturated rings. The molecule has 2 nitrogen and oxygen atoms in total. The molecule has 70 valence electrons. The maximum atomic E-state index is 10.1. The van der Waals surface area contributed by atoms with Gasteiger partial charge in [0.1, 0.15) is 0 Å². The lowest BCUT2D eigenvalue weighted by Crippen LogP contribution is -2.48. The van der Waals surface area contributed by atoms with Gasteiger partial charge in [-0.2, -0.15) is 11.8 Å². The van der Waals surface area contributed by atoms with Crippen LogP contribution in [0.5, 0.6) is 0 Å². The molecular formula is C9H17NOS. The second-order valence-electron chi connectivity index (χ2n) is 4.19. The van der Waals surface area contributed by atoms with E-state index in [2.05, 4.69) is 0 Å². The summed E-state index contributed by atoms with van der Waals surface area (Å²) in [6.07, 6.45) is 4.59. The van der Waals surface area contributed by atoms with Gasteiger partial charge in [0.25, 0.3) is 0 Å². The first kappa shape index (κ1) is 8.85. The molecule has 3 heteroatoms. The van der Waals surface area contributed by atoms with Crippen molar-refractivity contribution in [2.24, 2.45) is 11.7 Å². The minimum Gasteiger partial charge on any atom is -0.387 e. The van der Waals surface area contributed by atoms with Gasteiger partial charge in [-0.05, 0) is 24.5 Å². The molecule has 2 unspecified atom stereocenters. The second-order valence-corrected chi connectivity index (χ2v) is 5.30. The highest BCUT2D eigenvalue weighted by Gasteiger charge is 2.40. The third-order valence-corrected chi connectivity index (χ3v) is 4.20. The number of hydrogen-bond donors (Lipinski definition) is 2. The fraction of sp³-hybridized carbons (Fsp3) is 1.00. The second kappa shape index (κ2) is 3.20. The van der Waals surface area contributed by atoms with Gasteiger partial charge in [0, 0.05) is 11.8 Å². The minimum atomic E-state index is -0.534. The zero-order chi connectivity index (χ0) is 8.60. The van der Waals surface area contributed by atoms with Crippen LogP contribution in [0.25, 0.3) is 0 Å². The molecule has 1 aliphatic carbocycles. The van der Waals surface area contributed by atoms with E-state index in [9.17, 15) is 5.11 Å². The Labute approximate surface area is 77.9 Å². The lowest BCUT2D eigenvalue weighted by Gasteiger charge is -2.28. The fourth-order valence-corrected chi connectivity index (χ4v) is 3.15. The molecule has 3 N–H and O–H groups in total. The molecule has 0 aromatic carbocycles. The molecule has 12 heavy (non-hydrogen) atoms. The molecule has 0 radical (unpaired) electrons. The quantitative estimate of drug-likeness (QED) is 0.692. The Morgan fingerprint density at radius 2 is 2.33 bits per heavy atom. The van der Waals surface area contributed by atoms with Gasteiger partial charge in [-0.25, -0.2) is 0 Å². The van der Waals surface area contributed by atoms with E-state index in [4.69, 9.17) is 5.73 Å². The molecule has 2 atom stereocenters.